The van der Waals surface area contributed by atoms with E-state index in [-0.39, 0.29) is 0 Å². The molecule has 4 heteroatoms. The minimum atomic E-state index is 0.370. The van der Waals surface area contributed by atoms with Crippen LogP contribution >= 0.6 is 11.8 Å². The van der Waals surface area contributed by atoms with Gasteiger partial charge in [-0.3, -0.25) is 4.99 Å². The van der Waals surface area contributed by atoms with Gasteiger partial charge in [0.05, 0.1) is 12.6 Å². The van der Waals surface area contributed by atoms with E-state index >= 15 is 0 Å². The third-order valence-electron chi connectivity index (χ3n) is 3.24. The molecule has 2 aliphatic heterocycles. The van der Waals surface area contributed by atoms with E-state index in [0.29, 0.717) is 18.1 Å². The van der Waals surface area contributed by atoms with E-state index in [0.717, 1.165) is 18.3 Å². The van der Waals surface area contributed by atoms with Crippen LogP contribution in [0, 0.1) is 5.92 Å². The molecule has 0 spiro atoms. The molecule has 2 aliphatic rings. The summed E-state index contributed by atoms with van der Waals surface area (Å²) in [4.78, 5) is 4.64. The molecule has 16 heavy (non-hydrogen) atoms. The van der Waals surface area contributed by atoms with E-state index in [1.165, 1.54) is 25.0 Å². The van der Waals surface area contributed by atoms with Crippen molar-refractivity contribution in [3.8, 4) is 0 Å². The average Bonchev–Trinajstić information content (AvgIpc) is 2.79. The molecule has 0 aromatic rings. The molecule has 0 radical (unpaired) electrons. The number of amidine groups is 1. The largest absolute Gasteiger partial charge is 0.376 e. The molecule has 1 N–H and O–H groups in total. The Bertz CT molecular complexity index is 249. The zero-order chi connectivity index (χ0) is 11.4. The van der Waals surface area contributed by atoms with Crippen LogP contribution in [0.3, 0.4) is 0 Å². The molecule has 2 heterocycles. The van der Waals surface area contributed by atoms with Gasteiger partial charge in [0.25, 0.3) is 0 Å². The minimum absolute atomic E-state index is 0.370. The van der Waals surface area contributed by atoms with E-state index in [1.807, 2.05) is 11.8 Å². The van der Waals surface area contributed by atoms with E-state index in [1.54, 1.807) is 0 Å². The van der Waals surface area contributed by atoms with E-state index in [9.17, 15) is 0 Å². The molecule has 2 saturated heterocycles. The highest BCUT2D eigenvalue weighted by Crippen LogP contribution is 2.19. The molecule has 92 valence electrons. The number of nitrogens with one attached hydrogen (secondary N) is 1. The fraction of sp³-hybridized carbons (Fsp3) is 0.917. The summed E-state index contributed by atoms with van der Waals surface area (Å²) in [5, 5.41) is 4.66. The van der Waals surface area contributed by atoms with Crippen molar-refractivity contribution in [2.45, 2.75) is 45.3 Å². The molecule has 2 unspecified atom stereocenters. The lowest BCUT2D eigenvalue weighted by Gasteiger charge is -2.28. The summed E-state index contributed by atoms with van der Waals surface area (Å²) >= 11 is 1.85. The monoisotopic (exact) mass is 242 g/mol. The van der Waals surface area contributed by atoms with Gasteiger partial charge >= 0.3 is 0 Å². The number of aliphatic imine (C=N–C) groups is 1. The molecule has 0 aromatic heterocycles. The van der Waals surface area contributed by atoms with Crippen molar-refractivity contribution in [2.24, 2.45) is 10.9 Å². The summed E-state index contributed by atoms with van der Waals surface area (Å²) in [6.45, 7) is 6.29. The van der Waals surface area contributed by atoms with Crippen molar-refractivity contribution >= 4 is 16.9 Å². The predicted molar refractivity (Wildman–Crippen MR) is 70.1 cm³/mol. The summed E-state index contributed by atoms with van der Waals surface area (Å²) in [7, 11) is 0. The van der Waals surface area contributed by atoms with Crippen LogP contribution in [0.15, 0.2) is 4.99 Å². The first-order valence-corrected chi connectivity index (χ1v) is 7.29. The highest BCUT2D eigenvalue weighted by Gasteiger charge is 2.21. The van der Waals surface area contributed by atoms with Gasteiger partial charge in [-0.15, -0.1) is 0 Å². The average molecular weight is 242 g/mol. The Morgan fingerprint density at radius 1 is 1.50 bits per heavy atom. The van der Waals surface area contributed by atoms with Crippen LogP contribution < -0.4 is 5.32 Å². The first-order valence-electron chi connectivity index (χ1n) is 6.31. The zero-order valence-electron chi connectivity index (χ0n) is 10.2. The Labute approximate surface area is 102 Å². The standard InChI is InChI=1S/C12H22N2OS/c1-9(2)11-5-7-16-12(14-11)13-8-10-4-3-6-15-10/h9-11H,3-8H2,1-2H3,(H,13,14). The van der Waals surface area contributed by atoms with Gasteiger partial charge in [-0.25, -0.2) is 0 Å². The van der Waals surface area contributed by atoms with Crippen LogP contribution in [-0.4, -0.2) is 36.2 Å². The van der Waals surface area contributed by atoms with Gasteiger partial charge in [-0.2, -0.15) is 0 Å². The number of ether oxygens (including phenoxy) is 1. The summed E-state index contributed by atoms with van der Waals surface area (Å²) in [5.74, 6) is 1.88. The molecule has 2 fully saturated rings. The maximum absolute atomic E-state index is 5.57. The molecule has 0 saturated carbocycles. The van der Waals surface area contributed by atoms with Crippen molar-refractivity contribution in [1.82, 2.24) is 5.32 Å². The summed E-state index contributed by atoms with van der Waals surface area (Å²) in [6, 6.07) is 0.601. The van der Waals surface area contributed by atoms with Crippen LogP contribution in [-0.2, 0) is 4.74 Å². The third kappa shape index (κ3) is 3.39. The molecule has 3 nitrogen and oxygen atoms in total. The molecule has 2 atom stereocenters. The van der Waals surface area contributed by atoms with Gasteiger partial charge in [0.15, 0.2) is 5.17 Å². The molecule has 0 aliphatic carbocycles. The van der Waals surface area contributed by atoms with Gasteiger partial charge in [-0.05, 0) is 25.2 Å². The molecular formula is C12H22N2OS. The SMILES string of the molecule is CC(C)C1CCSC(=NCC2CCCO2)N1. The number of hydrogen-bond acceptors (Lipinski definition) is 3. The van der Waals surface area contributed by atoms with Crippen LogP contribution in [0.2, 0.25) is 0 Å². The lowest BCUT2D eigenvalue weighted by molar-refractivity contribution is 0.118. The second kappa shape index (κ2) is 5.92. The molecule has 0 amide bonds. The number of hydrogen-bond donors (Lipinski definition) is 1. The van der Waals surface area contributed by atoms with Gasteiger partial charge in [0, 0.05) is 18.4 Å². The van der Waals surface area contributed by atoms with Gasteiger partial charge in [0.2, 0.25) is 0 Å². The predicted octanol–water partition coefficient (Wildman–Crippen LogP) is 2.27. The number of rotatable bonds is 3. The maximum Gasteiger partial charge on any atom is 0.156 e. The van der Waals surface area contributed by atoms with E-state index < -0.39 is 0 Å². The lowest BCUT2D eigenvalue weighted by atomic mass is 10.0. The Morgan fingerprint density at radius 3 is 3.06 bits per heavy atom. The third-order valence-corrected chi connectivity index (χ3v) is 4.20. The van der Waals surface area contributed by atoms with Crippen molar-refractivity contribution in [2.75, 3.05) is 18.9 Å². The van der Waals surface area contributed by atoms with Crippen molar-refractivity contribution < 1.29 is 4.74 Å². The van der Waals surface area contributed by atoms with Gasteiger partial charge in [-0.1, -0.05) is 25.6 Å². The second-order valence-corrected chi connectivity index (χ2v) is 6.00. The molecule has 0 bridgehead atoms. The highest BCUT2D eigenvalue weighted by atomic mass is 32.2. The smallest absolute Gasteiger partial charge is 0.156 e. The summed E-state index contributed by atoms with van der Waals surface area (Å²) in [5.41, 5.74) is 0. The zero-order valence-corrected chi connectivity index (χ0v) is 11.1. The highest BCUT2D eigenvalue weighted by molar-refractivity contribution is 8.13. The molecule has 2 rings (SSSR count). The summed E-state index contributed by atoms with van der Waals surface area (Å²) < 4.78 is 5.57. The quantitative estimate of drug-likeness (QED) is 0.824. The first kappa shape index (κ1) is 12.2. The maximum atomic E-state index is 5.57. The Kier molecular flexibility index (Phi) is 4.53. The van der Waals surface area contributed by atoms with Crippen molar-refractivity contribution in [3.05, 3.63) is 0 Å². The fourth-order valence-electron chi connectivity index (χ4n) is 2.12. The molecular weight excluding hydrogens is 220 g/mol. The number of nitrogens with zero attached hydrogens (tertiary/aromatic N) is 1. The topological polar surface area (TPSA) is 33.6 Å². The van der Waals surface area contributed by atoms with E-state index in [2.05, 4.69) is 24.2 Å². The van der Waals surface area contributed by atoms with Crippen LogP contribution in [0.25, 0.3) is 0 Å². The lowest BCUT2D eigenvalue weighted by Crippen LogP contribution is -2.41. The number of thioether (sulfide) groups is 1. The van der Waals surface area contributed by atoms with Crippen LogP contribution in [0.5, 0.6) is 0 Å². The Balaban J connectivity index is 1.81. The van der Waals surface area contributed by atoms with Gasteiger partial charge < -0.3 is 10.1 Å². The van der Waals surface area contributed by atoms with E-state index in [4.69, 9.17) is 4.74 Å². The van der Waals surface area contributed by atoms with Crippen molar-refractivity contribution in [1.29, 1.82) is 0 Å². The molecule has 0 aromatic carbocycles. The second-order valence-electron chi connectivity index (χ2n) is 4.91. The summed E-state index contributed by atoms with van der Waals surface area (Å²) in [6.07, 6.45) is 4.00. The van der Waals surface area contributed by atoms with Crippen LogP contribution in [0.1, 0.15) is 33.1 Å². The Hall–Kier alpha value is -0.220. The fourth-order valence-corrected chi connectivity index (χ4v) is 3.09. The normalized spacial score (nSPS) is 33.3. The van der Waals surface area contributed by atoms with Gasteiger partial charge in [0.1, 0.15) is 0 Å². The first-order chi connectivity index (χ1) is 7.75. The van der Waals surface area contributed by atoms with Crippen molar-refractivity contribution in [3.63, 3.8) is 0 Å². The minimum Gasteiger partial charge on any atom is -0.376 e. The Morgan fingerprint density at radius 2 is 2.38 bits per heavy atom. The van der Waals surface area contributed by atoms with Crippen LogP contribution in [0.4, 0.5) is 0 Å².